The Balaban J connectivity index is 2.59. The van der Waals surface area contributed by atoms with Crippen molar-refractivity contribution in [2.24, 2.45) is 16.6 Å². The summed E-state index contributed by atoms with van der Waals surface area (Å²) in [5.74, 6) is -0.0360. The number of carbonyl (C=O) groups excluding carboxylic acids is 1. The summed E-state index contributed by atoms with van der Waals surface area (Å²) in [6.07, 6.45) is 3.54. The normalized spacial score (nSPS) is 18.7. The Hall–Kier alpha value is -1.26. The number of guanidine groups is 1. The van der Waals surface area contributed by atoms with Crippen LogP contribution in [0.3, 0.4) is 0 Å². The quantitative estimate of drug-likeness (QED) is 0.414. The van der Waals surface area contributed by atoms with Gasteiger partial charge in [0, 0.05) is 13.0 Å². The van der Waals surface area contributed by atoms with E-state index in [0.717, 1.165) is 19.3 Å². The minimum absolute atomic E-state index is 0.0147. The molecule has 5 nitrogen and oxygen atoms in total. The Bertz CT molecular complexity index is 198. The van der Waals surface area contributed by atoms with E-state index in [9.17, 15) is 4.79 Å². The van der Waals surface area contributed by atoms with E-state index in [-0.39, 0.29) is 11.9 Å². The van der Waals surface area contributed by atoms with Gasteiger partial charge in [-0.3, -0.25) is 4.79 Å². The molecule has 1 fully saturated rings. The van der Waals surface area contributed by atoms with Gasteiger partial charge in [0.15, 0.2) is 0 Å². The lowest BCUT2D eigenvalue weighted by Gasteiger charge is -2.13. The Morgan fingerprint density at radius 3 is 2.75 bits per heavy atom. The molecule has 0 bridgehead atoms. The van der Waals surface area contributed by atoms with Gasteiger partial charge in [0.2, 0.25) is 11.9 Å². The van der Waals surface area contributed by atoms with Gasteiger partial charge in [-0.1, -0.05) is 6.42 Å². The molecule has 1 heterocycles. The summed E-state index contributed by atoms with van der Waals surface area (Å²) in [7, 11) is 0. The van der Waals surface area contributed by atoms with E-state index >= 15 is 0 Å². The van der Waals surface area contributed by atoms with E-state index in [1.54, 1.807) is 0 Å². The monoisotopic (exact) mass is 170 g/mol. The zero-order valence-electron chi connectivity index (χ0n) is 6.99. The molecule has 0 radical (unpaired) electrons. The van der Waals surface area contributed by atoms with Crippen LogP contribution in [0.4, 0.5) is 0 Å². The number of rotatable bonds is 1. The number of nitrogens with zero attached hydrogens (tertiary/aromatic N) is 2. The lowest BCUT2D eigenvalue weighted by molar-refractivity contribution is -0.130. The molecule has 1 amide bonds. The lowest BCUT2D eigenvalue weighted by Crippen LogP contribution is -2.32. The van der Waals surface area contributed by atoms with Crippen LogP contribution in [0.25, 0.3) is 0 Å². The van der Waals surface area contributed by atoms with Crippen molar-refractivity contribution < 1.29 is 4.79 Å². The van der Waals surface area contributed by atoms with Crippen LogP contribution in [0.2, 0.25) is 0 Å². The second-order valence-corrected chi connectivity index (χ2v) is 2.85. The maximum atomic E-state index is 11.3. The van der Waals surface area contributed by atoms with Crippen molar-refractivity contribution in [3.05, 3.63) is 0 Å². The molecular weight excluding hydrogens is 156 g/mol. The van der Waals surface area contributed by atoms with Crippen molar-refractivity contribution in [1.82, 2.24) is 5.01 Å². The first kappa shape index (κ1) is 8.83. The standard InChI is InChI=1S/C7H14N4O/c8-7(9)10-11-5-3-1-2-4-6(11)12/h1-5H2,(H4,8,9,10). The topological polar surface area (TPSA) is 84.7 Å². The fraction of sp³-hybridized carbons (Fsp3) is 0.714. The molecule has 0 aromatic carbocycles. The summed E-state index contributed by atoms with van der Waals surface area (Å²) in [6.45, 7) is 0.636. The van der Waals surface area contributed by atoms with Crippen LogP contribution < -0.4 is 11.5 Å². The zero-order chi connectivity index (χ0) is 8.97. The number of hydrazone groups is 1. The van der Waals surface area contributed by atoms with E-state index < -0.39 is 0 Å². The van der Waals surface area contributed by atoms with Gasteiger partial charge in [0.1, 0.15) is 0 Å². The number of amides is 1. The van der Waals surface area contributed by atoms with Gasteiger partial charge in [-0.05, 0) is 12.8 Å². The first-order valence-corrected chi connectivity index (χ1v) is 4.10. The van der Waals surface area contributed by atoms with Crippen LogP contribution in [0.5, 0.6) is 0 Å². The fourth-order valence-corrected chi connectivity index (χ4v) is 1.21. The predicted octanol–water partition coefficient (Wildman–Crippen LogP) is -0.423. The molecule has 1 aliphatic heterocycles. The molecule has 5 heteroatoms. The van der Waals surface area contributed by atoms with Crippen LogP contribution >= 0.6 is 0 Å². The average Bonchev–Trinajstić information content (AvgIpc) is 2.16. The molecule has 68 valence electrons. The van der Waals surface area contributed by atoms with Crippen LogP contribution in [-0.2, 0) is 4.79 Å². The van der Waals surface area contributed by atoms with Crippen molar-refractivity contribution in [2.75, 3.05) is 6.54 Å². The molecule has 1 saturated heterocycles. The second-order valence-electron chi connectivity index (χ2n) is 2.85. The van der Waals surface area contributed by atoms with E-state index in [0.29, 0.717) is 13.0 Å². The van der Waals surface area contributed by atoms with Gasteiger partial charge in [-0.2, -0.15) is 0 Å². The van der Waals surface area contributed by atoms with Gasteiger partial charge >= 0.3 is 0 Å². The maximum Gasteiger partial charge on any atom is 0.242 e. The first-order valence-electron chi connectivity index (χ1n) is 4.10. The van der Waals surface area contributed by atoms with Gasteiger partial charge in [0.25, 0.3) is 0 Å². The molecule has 1 aliphatic rings. The van der Waals surface area contributed by atoms with Gasteiger partial charge in [-0.25, -0.2) is 5.01 Å². The summed E-state index contributed by atoms with van der Waals surface area (Å²) in [6, 6.07) is 0. The Morgan fingerprint density at radius 2 is 2.08 bits per heavy atom. The fourth-order valence-electron chi connectivity index (χ4n) is 1.21. The second kappa shape index (κ2) is 3.94. The number of carbonyl (C=O) groups is 1. The summed E-state index contributed by atoms with van der Waals surface area (Å²) in [5.41, 5.74) is 10.3. The molecule has 0 aromatic rings. The van der Waals surface area contributed by atoms with Crippen molar-refractivity contribution in [1.29, 1.82) is 0 Å². The number of nitrogens with two attached hydrogens (primary N) is 2. The van der Waals surface area contributed by atoms with E-state index in [1.807, 2.05) is 0 Å². The van der Waals surface area contributed by atoms with Gasteiger partial charge in [-0.15, -0.1) is 5.10 Å². The van der Waals surface area contributed by atoms with Crippen molar-refractivity contribution in [2.45, 2.75) is 25.7 Å². The highest BCUT2D eigenvalue weighted by atomic mass is 16.2. The van der Waals surface area contributed by atoms with Crippen LogP contribution in [0, 0.1) is 0 Å². The van der Waals surface area contributed by atoms with Crippen molar-refractivity contribution in [3.8, 4) is 0 Å². The lowest BCUT2D eigenvalue weighted by atomic mass is 10.2. The SMILES string of the molecule is NC(N)=NN1CCCCCC1=O. The molecule has 0 aliphatic carbocycles. The third kappa shape index (κ3) is 2.41. The third-order valence-electron chi connectivity index (χ3n) is 1.78. The summed E-state index contributed by atoms with van der Waals surface area (Å²) in [5, 5.41) is 5.10. The summed E-state index contributed by atoms with van der Waals surface area (Å²) < 4.78 is 0. The molecule has 4 N–H and O–H groups in total. The molecule has 0 spiro atoms. The summed E-state index contributed by atoms with van der Waals surface area (Å²) in [4.78, 5) is 11.3. The average molecular weight is 170 g/mol. The largest absolute Gasteiger partial charge is 0.369 e. The zero-order valence-corrected chi connectivity index (χ0v) is 6.99. The highest BCUT2D eigenvalue weighted by molar-refractivity contribution is 5.80. The summed E-state index contributed by atoms with van der Waals surface area (Å²) >= 11 is 0. The van der Waals surface area contributed by atoms with Crippen LogP contribution in [0.15, 0.2) is 5.10 Å². The van der Waals surface area contributed by atoms with E-state index in [4.69, 9.17) is 11.5 Å². The van der Waals surface area contributed by atoms with Crippen LogP contribution in [-0.4, -0.2) is 23.4 Å². The minimum Gasteiger partial charge on any atom is -0.369 e. The van der Waals surface area contributed by atoms with Crippen LogP contribution in [0.1, 0.15) is 25.7 Å². The molecule has 0 aromatic heterocycles. The van der Waals surface area contributed by atoms with Crippen molar-refractivity contribution >= 4 is 11.9 Å². The highest BCUT2D eigenvalue weighted by Gasteiger charge is 2.15. The molecule has 0 atom stereocenters. The molecule has 0 saturated carbocycles. The number of hydrogen-bond donors (Lipinski definition) is 2. The Morgan fingerprint density at radius 1 is 1.33 bits per heavy atom. The molecule has 0 unspecified atom stereocenters. The van der Waals surface area contributed by atoms with Gasteiger partial charge in [0.05, 0.1) is 0 Å². The number of hydrogen-bond acceptors (Lipinski definition) is 2. The highest BCUT2D eigenvalue weighted by Crippen LogP contribution is 2.10. The smallest absolute Gasteiger partial charge is 0.242 e. The van der Waals surface area contributed by atoms with Gasteiger partial charge < -0.3 is 11.5 Å². The third-order valence-corrected chi connectivity index (χ3v) is 1.78. The minimum atomic E-state index is -0.0507. The van der Waals surface area contributed by atoms with E-state index in [1.165, 1.54) is 5.01 Å². The predicted molar refractivity (Wildman–Crippen MR) is 46.0 cm³/mol. The molecular formula is C7H14N4O. The Kier molecular flexibility index (Phi) is 2.90. The maximum absolute atomic E-state index is 11.3. The Labute approximate surface area is 71.4 Å². The van der Waals surface area contributed by atoms with E-state index in [2.05, 4.69) is 5.10 Å². The molecule has 12 heavy (non-hydrogen) atoms. The molecule has 1 rings (SSSR count). The van der Waals surface area contributed by atoms with Crippen molar-refractivity contribution in [3.63, 3.8) is 0 Å². The first-order chi connectivity index (χ1) is 5.70.